The number of nitrogens with two attached hydrogens (primary N) is 1. The van der Waals surface area contributed by atoms with Crippen LogP contribution in [-0.4, -0.2) is 14.8 Å². The van der Waals surface area contributed by atoms with Gasteiger partial charge in [-0.3, -0.25) is 20.9 Å². The van der Waals surface area contributed by atoms with Crippen molar-refractivity contribution in [2.45, 2.75) is 12.5 Å². The Morgan fingerprint density at radius 2 is 2.10 bits per heavy atom. The summed E-state index contributed by atoms with van der Waals surface area (Å²) < 4.78 is 1.79. The molecule has 0 saturated heterocycles. The Balaban J connectivity index is 1.98. The fourth-order valence-electron chi connectivity index (χ4n) is 2.44. The van der Waals surface area contributed by atoms with Gasteiger partial charge in [0.15, 0.2) is 0 Å². The quantitative estimate of drug-likeness (QED) is 0.558. The average molecular weight is 267 g/mol. The molecule has 5 nitrogen and oxygen atoms in total. The second-order valence-electron chi connectivity index (χ2n) is 4.82. The zero-order valence-electron chi connectivity index (χ0n) is 11.3. The van der Waals surface area contributed by atoms with Crippen molar-refractivity contribution < 1.29 is 0 Å². The molecule has 3 N–H and O–H groups in total. The molecule has 1 unspecified atom stereocenters. The van der Waals surface area contributed by atoms with Gasteiger partial charge in [-0.2, -0.15) is 5.10 Å². The van der Waals surface area contributed by atoms with E-state index < -0.39 is 0 Å². The first-order valence-electron chi connectivity index (χ1n) is 6.56. The molecule has 1 aromatic carbocycles. The average Bonchev–Trinajstić information content (AvgIpc) is 2.89. The van der Waals surface area contributed by atoms with Crippen LogP contribution in [0.2, 0.25) is 0 Å². The van der Waals surface area contributed by atoms with Gasteiger partial charge in [0.1, 0.15) is 0 Å². The van der Waals surface area contributed by atoms with Crippen molar-refractivity contribution in [3.05, 3.63) is 60.2 Å². The number of aryl methyl sites for hydroxylation is 1. The number of benzene rings is 1. The summed E-state index contributed by atoms with van der Waals surface area (Å²) in [7, 11) is 1.91. The number of hydrogen-bond donors (Lipinski definition) is 2. The van der Waals surface area contributed by atoms with E-state index in [0.717, 1.165) is 16.8 Å². The molecule has 0 radical (unpaired) electrons. The number of nitrogens with one attached hydrogen (secondary N) is 1. The number of hydrazine groups is 1. The Hall–Kier alpha value is -2.24. The molecule has 102 valence electrons. The summed E-state index contributed by atoms with van der Waals surface area (Å²) in [4.78, 5) is 4.50. The summed E-state index contributed by atoms with van der Waals surface area (Å²) in [6.45, 7) is 0. The van der Waals surface area contributed by atoms with Gasteiger partial charge in [-0.15, -0.1) is 0 Å². The largest absolute Gasteiger partial charge is 0.276 e. The monoisotopic (exact) mass is 267 g/mol. The Kier molecular flexibility index (Phi) is 3.45. The predicted octanol–water partition coefficient (Wildman–Crippen LogP) is 1.72. The topological polar surface area (TPSA) is 68.8 Å². The van der Waals surface area contributed by atoms with Crippen molar-refractivity contribution >= 4 is 10.8 Å². The molecule has 0 fully saturated rings. The Bertz CT molecular complexity index is 714. The van der Waals surface area contributed by atoms with Crippen molar-refractivity contribution in [3.63, 3.8) is 0 Å². The first-order chi connectivity index (χ1) is 9.78. The van der Waals surface area contributed by atoms with E-state index >= 15 is 0 Å². The minimum atomic E-state index is -0.0593. The number of nitrogens with zero attached hydrogens (tertiary/aromatic N) is 3. The van der Waals surface area contributed by atoms with Gasteiger partial charge in [-0.25, -0.2) is 0 Å². The van der Waals surface area contributed by atoms with Crippen LogP contribution in [0.25, 0.3) is 10.8 Å². The summed E-state index contributed by atoms with van der Waals surface area (Å²) in [5.41, 5.74) is 4.80. The third-order valence-corrected chi connectivity index (χ3v) is 3.42. The first-order valence-corrected chi connectivity index (χ1v) is 6.56. The van der Waals surface area contributed by atoms with Crippen molar-refractivity contribution in [1.29, 1.82) is 0 Å². The molecule has 0 aliphatic carbocycles. The number of hydrogen-bond acceptors (Lipinski definition) is 4. The molecule has 0 aliphatic rings. The molecule has 0 saturated carbocycles. The summed E-state index contributed by atoms with van der Waals surface area (Å²) in [6.07, 6.45) is 4.46. The zero-order chi connectivity index (χ0) is 13.9. The lowest BCUT2D eigenvalue weighted by Gasteiger charge is -2.16. The molecule has 2 heterocycles. The van der Waals surface area contributed by atoms with Gasteiger partial charge in [0.05, 0.1) is 17.4 Å². The van der Waals surface area contributed by atoms with Crippen LogP contribution in [-0.2, 0) is 13.5 Å². The fraction of sp³-hybridized carbons (Fsp3) is 0.200. The summed E-state index contributed by atoms with van der Waals surface area (Å²) in [5, 5.41) is 6.68. The normalized spacial score (nSPS) is 12.7. The summed E-state index contributed by atoms with van der Waals surface area (Å²) in [6, 6.07) is 12.1. The van der Waals surface area contributed by atoms with Crippen molar-refractivity contribution in [2.75, 3.05) is 0 Å². The van der Waals surface area contributed by atoms with Crippen molar-refractivity contribution in [1.82, 2.24) is 20.2 Å². The van der Waals surface area contributed by atoms with E-state index in [1.807, 2.05) is 43.7 Å². The number of fused-ring (bicyclic) bond motifs is 1. The van der Waals surface area contributed by atoms with E-state index in [-0.39, 0.29) is 6.04 Å². The third kappa shape index (κ3) is 2.41. The number of rotatable bonds is 4. The molecule has 0 amide bonds. The smallest absolute Gasteiger partial charge is 0.0694 e. The van der Waals surface area contributed by atoms with Crippen LogP contribution in [0.15, 0.2) is 48.8 Å². The summed E-state index contributed by atoms with van der Waals surface area (Å²) >= 11 is 0. The van der Waals surface area contributed by atoms with Crippen LogP contribution < -0.4 is 11.3 Å². The SMILES string of the molecule is Cn1ccc(CC(NN)c2nccc3ccccc23)n1. The molecule has 5 heteroatoms. The molecule has 3 aromatic rings. The van der Waals surface area contributed by atoms with E-state index in [1.54, 1.807) is 4.68 Å². The van der Waals surface area contributed by atoms with Gasteiger partial charge >= 0.3 is 0 Å². The van der Waals surface area contributed by atoms with Crippen LogP contribution in [0.4, 0.5) is 0 Å². The minimum Gasteiger partial charge on any atom is -0.276 e. The highest BCUT2D eigenvalue weighted by molar-refractivity contribution is 5.84. The Morgan fingerprint density at radius 1 is 1.25 bits per heavy atom. The summed E-state index contributed by atoms with van der Waals surface area (Å²) in [5.74, 6) is 5.73. The predicted molar refractivity (Wildman–Crippen MR) is 78.7 cm³/mol. The van der Waals surface area contributed by atoms with Gasteiger partial charge in [0.2, 0.25) is 0 Å². The van der Waals surface area contributed by atoms with Crippen molar-refractivity contribution in [3.8, 4) is 0 Å². The maximum atomic E-state index is 5.73. The number of aromatic nitrogens is 3. The standard InChI is InChI=1S/C15H17N5/c1-20-9-7-12(19-20)10-14(18-16)15-13-5-3-2-4-11(13)6-8-17-15/h2-9,14,18H,10,16H2,1H3. The molecule has 0 spiro atoms. The molecule has 1 atom stereocenters. The second-order valence-corrected chi connectivity index (χ2v) is 4.82. The van der Waals surface area contributed by atoms with Crippen LogP contribution in [0.3, 0.4) is 0 Å². The first kappa shape index (κ1) is 12.8. The Morgan fingerprint density at radius 3 is 2.85 bits per heavy atom. The molecule has 3 rings (SSSR count). The second kappa shape index (κ2) is 5.40. The molecular weight excluding hydrogens is 250 g/mol. The maximum Gasteiger partial charge on any atom is 0.0694 e. The number of pyridine rings is 1. The van der Waals surface area contributed by atoms with Crippen LogP contribution in [0.5, 0.6) is 0 Å². The van der Waals surface area contributed by atoms with E-state index in [4.69, 9.17) is 5.84 Å². The maximum absolute atomic E-state index is 5.73. The molecule has 0 aliphatic heterocycles. The van der Waals surface area contributed by atoms with Gasteiger partial charge in [-0.1, -0.05) is 24.3 Å². The minimum absolute atomic E-state index is 0.0593. The zero-order valence-corrected chi connectivity index (χ0v) is 11.3. The van der Waals surface area contributed by atoms with E-state index in [9.17, 15) is 0 Å². The lowest BCUT2D eigenvalue weighted by atomic mass is 10.0. The van der Waals surface area contributed by atoms with Gasteiger partial charge in [0.25, 0.3) is 0 Å². The van der Waals surface area contributed by atoms with E-state index in [0.29, 0.717) is 6.42 Å². The lowest BCUT2D eigenvalue weighted by molar-refractivity contribution is 0.533. The van der Waals surface area contributed by atoms with Crippen LogP contribution >= 0.6 is 0 Å². The van der Waals surface area contributed by atoms with Gasteiger partial charge < -0.3 is 0 Å². The molecule has 20 heavy (non-hydrogen) atoms. The van der Waals surface area contributed by atoms with Gasteiger partial charge in [-0.05, 0) is 17.5 Å². The molecule has 0 bridgehead atoms. The molecular formula is C15H17N5. The third-order valence-electron chi connectivity index (χ3n) is 3.42. The lowest BCUT2D eigenvalue weighted by Crippen LogP contribution is -2.30. The van der Waals surface area contributed by atoms with Gasteiger partial charge in [0, 0.05) is 31.2 Å². The molecule has 2 aromatic heterocycles. The van der Waals surface area contributed by atoms with Crippen molar-refractivity contribution in [2.24, 2.45) is 12.9 Å². The van der Waals surface area contributed by atoms with E-state index in [2.05, 4.69) is 27.6 Å². The highest BCUT2D eigenvalue weighted by atomic mass is 15.3. The highest BCUT2D eigenvalue weighted by Gasteiger charge is 2.16. The van der Waals surface area contributed by atoms with E-state index in [1.165, 1.54) is 5.39 Å². The van der Waals surface area contributed by atoms with Crippen LogP contribution in [0.1, 0.15) is 17.4 Å². The van der Waals surface area contributed by atoms with Crippen LogP contribution in [0, 0.1) is 0 Å². The fourth-order valence-corrected chi connectivity index (χ4v) is 2.44. The highest BCUT2D eigenvalue weighted by Crippen LogP contribution is 2.23. The Labute approximate surface area is 117 Å².